The zero-order valence-electron chi connectivity index (χ0n) is 7.09. The predicted molar refractivity (Wildman–Crippen MR) is 43.5 cm³/mol. The van der Waals surface area contributed by atoms with Crippen molar-refractivity contribution in [2.75, 3.05) is 0 Å². The normalized spacial score (nSPS) is 10.8. The minimum atomic E-state index is -2.63. The van der Waals surface area contributed by atoms with Gasteiger partial charge < -0.3 is 10.8 Å². The molecule has 3 nitrogen and oxygen atoms in total. The Hall–Kier alpha value is -1.23. The van der Waals surface area contributed by atoms with Crippen molar-refractivity contribution < 1.29 is 13.9 Å². The molecule has 0 bridgehead atoms. The molecule has 0 saturated heterocycles. The van der Waals surface area contributed by atoms with Crippen molar-refractivity contribution in [2.24, 2.45) is 5.73 Å². The van der Waals surface area contributed by atoms with Crippen LogP contribution in [0.2, 0.25) is 0 Å². The highest BCUT2D eigenvalue weighted by Crippen LogP contribution is 2.27. The van der Waals surface area contributed by atoms with E-state index in [4.69, 9.17) is 5.73 Å². The van der Waals surface area contributed by atoms with Crippen LogP contribution in [-0.2, 0) is 6.54 Å². The SMILES string of the molecule is Cc1c(C(F)F)ncc(O)c1CN. The third-order valence-corrected chi connectivity index (χ3v) is 1.88. The highest BCUT2D eigenvalue weighted by molar-refractivity contribution is 5.39. The maximum absolute atomic E-state index is 12.3. The van der Waals surface area contributed by atoms with Gasteiger partial charge in [-0.3, -0.25) is 4.98 Å². The van der Waals surface area contributed by atoms with E-state index in [0.29, 0.717) is 5.56 Å². The van der Waals surface area contributed by atoms with Gasteiger partial charge in [0.15, 0.2) is 0 Å². The molecule has 0 fully saturated rings. The molecule has 0 unspecified atom stereocenters. The molecule has 1 aromatic heterocycles. The quantitative estimate of drug-likeness (QED) is 0.739. The van der Waals surface area contributed by atoms with Gasteiger partial charge in [0, 0.05) is 12.1 Å². The Labute approximate surface area is 74.2 Å². The Balaban J connectivity index is 3.27. The van der Waals surface area contributed by atoms with E-state index in [2.05, 4.69) is 4.98 Å². The summed E-state index contributed by atoms with van der Waals surface area (Å²) in [5.41, 5.74) is 5.55. The van der Waals surface area contributed by atoms with Crippen LogP contribution in [0.5, 0.6) is 5.75 Å². The van der Waals surface area contributed by atoms with E-state index in [1.165, 1.54) is 6.92 Å². The van der Waals surface area contributed by atoms with Crippen LogP contribution in [0.3, 0.4) is 0 Å². The fraction of sp³-hybridized carbons (Fsp3) is 0.375. The Kier molecular flexibility index (Phi) is 2.77. The highest BCUT2D eigenvalue weighted by Gasteiger charge is 2.16. The molecule has 0 aliphatic rings. The summed E-state index contributed by atoms with van der Waals surface area (Å²) >= 11 is 0. The maximum Gasteiger partial charge on any atom is 0.280 e. The van der Waals surface area contributed by atoms with Gasteiger partial charge in [0.1, 0.15) is 11.4 Å². The maximum atomic E-state index is 12.3. The largest absolute Gasteiger partial charge is 0.506 e. The number of hydrogen-bond donors (Lipinski definition) is 2. The number of pyridine rings is 1. The molecule has 1 rings (SSSR count). The highest BCUT2D eigenvalue weighted by atomic mass is 19.3. The topological polar surface area (TPSA) is 59.1 Å². The third kappa shape index (κ3) is 1.75. The van der Waals surface area contributed by atoms with Crippen LogP contribution in [0.25, 0.3) is 0 Å². The molecule has 0 aromatic carbocycles. The number of nitrogens with zero attached hydrogens (tertiary/aromatic N) is 1. The Bertz CT molecular complexity index is 315. The van der Waals surface area contributed by atoms with Crippen molar-refractivity contribution in [1.29, 1.82) is 0 Å². The van der Waals surface area contributed by atoms with Gasteiger partial charge in [0.05, 0.1) is 6.20 Å². The van der Waals surface area contributed by atoms with Gasteiger partial charge in [-0.15, -0.1) is 0 Å². The monoisotopic (exact) mass is 188 g/mol. The number of hydrogen-bond acceptors (Lipinski definition) is 3. The van der Waals surface area contributed by atoms with Gasteiger partial charge in [-0.25, -0.2) is 8.78 Å². The standard InChI is InChI=1S/C8H10F2N2O/c1-4-5(2-11)6(13)3-12-7(4)8(9)10/h3,8,13H,2,11H2,1H3. The lowest BCUT2D eigenvalue weighted by Gasteiger charge is -2.09. The first kappa shape index (κ1) is 9.85. The first-order valence-electron chi connectivity index (χ1n) is 3.73. The number of halogens is 2. The van der Waals surface area contributed by atoms with E-state index in [9.17, 15) is 13.9 Å². The third-order valence-electron chi connectivity index (χ3n) is 1.88. The average Bonchev–Trinajstić information content (AvgIpc) is 2.04. The van der Waals surface area contributed by atoms with Crippen molar-refractivity contribution in [3.05, 3.63) is 23.0 Å². The molecule has 5 heteroatoms. The summed E-state index contributed by atoms with van der Waals surface area (Å²) < 4.78 is 24.6. The molecule has 0 saturated carbocycles. The summed E-state index contributed by atoms with van der Waals surface area (Å²) in [6, 6.07) is 0. The zero-order valence-corrected chi connectivity index (χ0v) is 7.09. The fourth-order valence-electron chi connectivity index (χ4n) is 1.13. The van der Waals surface area contributed by atoms with Crippen LogP contribution >= 0.6 is 0 Å². The lowest BCUT2D eigenvalue weighted by Crippen LogP contribution is -2.04. The average molecular weight is 188 g/mol. The Morgan fingerprint density at radius 3 is 2.69 bits per heavy atom. The number of aromatic nitrogens is 1. The van der Waals surface area contributed by atoms with Crippen LogP contribution in [-0.4, -0.2) is 10.1 Å². The molecule has 0 radical (unpaired) electrons. The summed E-state index contributed by atoms with van der Waals surface area (Å²) in [4.78, 5) is 3.43. The minimum Gasteiger partial charge on any atom is -0.506 e. The molecule has 0 atom stereocenters. The second-order valence-electron chi connectivity index (χ2n) is 2.64. The second kappa shape index (κ2) is 3.66. The van der Waals surface area contributed by atoms with E-state index in [1.807, 2.05) is 0 Å². The van der Waals surface area contributed by atoms with E-state index in [1.54, 1.807) is 0 Å². The van der Waals surface area contributed by atoms with Gasteiger partial charge in [-0.2, -0.15) is 0 Å². The summed E-state index contributed by atoms with van der Waals surface area (Å²) in [6.45, 7) is 1.50. The number of rotatable bonds is 2. The van der Waals surface area contributed by atoms with Crippen molar-refractivity contribution in [3.63, 3.8) is 0 Å². The lowest BCUT2D eigenvalue weighted by atomic mass is 10.1. The summed E-state index contributed by atoms with van der Waals surface area (Å²) in [6.07, 6.45) is -1.64. The molecule has 3 N–H and O–H groups in total. The Morgan fingerprint density at radius 1 is 1.62 bits per heavy atom. The molecule has 0 spiro atoms. The van der Waals surface area contributed by atoms with Gasteiger partial charge >= 0.3 is 0 Å². The van der Waals surface area contributed by atoms with E-state index in [0.717, 1.165) is 6.20 Å². The number of nitrogens with two attached hydrogens (primary N) is 1. The molecular formula is C8H10F2N2O. The molecule has 0 amide bonds. The molecular weight excluding hydrogens is 178 g/mol. The zero-order chi connectivity index (χ0) is 10.0. The van der Waals surface area contributed by atoms with Crippen molar-refractivity contribution in [2.45, 2.75) is 19.9 Å². The molecule has 1 aromatic rings. The van der Waals surface area contributed by atoms with Crippen molar-refractivity contribution >= 4 is 0 Å². The van der Waals surface area contributed by atoms with Gasteiger partial charge in [-0.1, -0.05) is 0 Å². The van der Waals surface area contributed by atoms with Gasteiger partial charge in [0.25, 0.3) is 6.43 Å². The molecule has 0 aliphatic carbocycles. The van der Waals surface area contributed by atoms with E-state index >= 15 is 0 Å². The van der Waals surface area contributed by atoms with E-state index < -0.39 is 6.43 Å². The van der Waals surface area contributed by atoms with Crippen molar-refractivity contribution in [3.8, 4) is 5.75 Å². The van der Waals surface area contributed by atoms with Crippen LogP contribution in [0.15, 0.2) is 6.20 Å². The molecule has 1 heterocycles. The van der Waals surface area contributed by atoms with E-state index in [-0.39, 0.29) is 23.6 Å². The Morgan fingerprint density at radius 2 is 2.23 bits per heavy atom. The minimum absolute atomic E-state index is 0.0277. The first-order chi connectivity index (χ1) is 6.07. The predicted octanol–water partition coefficient (Wildman–Crippen LogP) is 1.49. The fourth-order valence-corrected chi connectivity index (χ4v) is 1.13. The lowest BCUT2D eigenvalue weighted by molar-refractivity contribution is 0.145. The smallest absolute Gasteiger partial charge is 0.280 e. The van der Waals surface area contributed by atoms with Crippen molar-refractivity contribution in [1.82, 2.24) is 4.98 Å². The van der Waals surface area contributed by atoms with Gasteiger partial charge in [-0.05, 0) is 12.5 Å². The molecule has 13 heavy (non-hydrogen) atoms. The second-order valence-corrected chi connectivity index (χ2v) is 2.64. The summed E-state index contributed by atoms with van der Waals surface area (Å²) in [5, 5.41) is 9.21. The number of aromatic hydroxyl groups is 1. The van der Waals surface area contributed by atoms with Crippen LogP contribution in [0, 0.1) is 6.92 Å². The molecule has 72 valence electrons. The van der Waals surface area contributed by atoms with Crippen LogP contribution in [0.4, 0.5) is 8.78 Å². The first-order valence-corrected chi connectivity index (χ1v) is 3.73. The van der Waals surface area contributed by atoms with Gasteiger partial charge in [0.2, 0.25) is 0 Å². The van der Waals surface area contributed by atoms with Crippen LogP contribution in [0.1, 0.15) is 23.2 Å². The number of alkyl halides is 2. The van der Waals surface area contributed by atoms with Crippen LogP contribution < -0.4 is 5.73 Å². The summed E-state index contributed by atoms with van der Waals surface area (Å²) in [5.74, 6) is -0.135. The molecule has 0 aliphatic heterocycles. The summed E-state index contributed by atoms with van der Waals surface area (Å²) in [7, 11) is 0.